The van der Waals surface area contributed by atoms with Gasteiger partial charge in [-0.05, 0) is 62.4 Å². The van der Waals surface area contributed by atoms with Crippen LogP contribution in [0.1, 0.15) is 32.1 Å². The molecule has 8 heteroatoms. The molecule has 0 aliphatic carbocycles. The molecule has 0 atom stereocenters. The lowest BCUT2D eigenvalue weighted by Crippen LogP contribution is -2.29. The van der Waals surface area contributed by atoms with Gasteiger partial charge in [0.15, 0.2) is 5.65 Å². The number of fused-ring (bicyclic) bond motifs is 1. The monoisotopic (exact) mass is 473 g/mol. The van der Waals surface area contributed by atoms with Gasteiger partial charge in [0, 0.05) is 31.9 Å². The quantitative estimate of drug-likeness (QED) is 0.395. The third-order valence-corrected chi connectivity index (χ3v) is 7.02. The first-order chi connectivity index (χ1) is 16.8. The van der Waals surface area contributed by atoms with Crippen molar-refractivity contribution in [2.45, 2.75) is 32.1 Å². The maximum Gasteiger partial charge on any atom is 0.229 e. The van der Waals surface area contributed by atoms with Crippen LogP contribution < -0.4 is 15.1 Å². The van der Waals surface area contributed by atoms with Crippen molar-refractivity contribution in [3.8, 4) is 5.69 Å². The zero-order valence-electron chi connectivity index (χ0n) is 19.1. The molecule has 2 aliphatic heterocycles. The average molecular weight is 474 g/mol. The highest BCUT2D eigenvalue weighted by Gasteiger charge is 2.21. The van der Waals surface area contributed by atoms with Gasteiger partial charge in [0.2, 0.25) is 5.95 Å². The molecule has 0 radical (unpaired) electrons. The van der Waals surface area contributed by atoms with Gasteiger partial charge in [-0.25, -0.2) is 4.68 Å². The van der Waals surface area contributed by atoms with Crippen LogP contribution >= 0.6 is 11.6 Å². The van der Waals surface area contributed by atoms with Crippen molar-refractivity contribution < 1.29 is 0 Å². The smallest absolute Gasteiger partial charge is 0.229 e. The number of anilines is 4. The standard InChI is InChI=1S/C26H28ClN7/c27-22-17-19(11-12-23(22)32-13-5-2-6-14-32)29-24-21-18-28-34(20-9-3-1-4-10-20)25(21)31-26(30-24)33-15-7-8-16-33/h1,3-4,9-12,17-18H,2,5-8,13-16H2,(H,29,30,31). The van der Waals surface area contributed by atoms with Crippen LogP contribution in [0.2, 0.25) is 5.02 Å². The fourth-order valence-corrected chi connectivity index (χ4v) is 5.22. The summed E-state index contributed by atoms with van der Waals surface area (Å²) in [5.74, 6) is 1.48. The first kappa shape index (κ1) is 21.2. The van der Waals surface area contributed by atoms with E-state index < -0.39 is 0 Å². The molecule has 0 bridgehead atoms. The molecule has 6 rings (SSSR count). The maximum absolute atomic E-state index is 6.73. The predicted molar refractivity (Wildman–Crippen MR) is 139 cm³/mol. The summed E-state index contributed by atoms with van der Waals surface area (Å²) >= 11 is 6.73. The molecule has 34 heavy (non-hydrogen) atoms. The summed E-state index contributed by atoms with van der Waals surface area (Å²) < 4.78 is 1.88. The SMILES string of the molecule is Clc1cc(Nc2nc(N3CCCC3)nc3c2cnn3-c2ccccc2)ccc1N1CCCCC1. The van der Waals surface area contributed by atoms with Crippen LogP contribution in [0.15, 0.2) is 54.7 Å². The van der Waals surface area contributed by atoms with Crippen LogP contribution in [0.5, 0.6) is 0 Å². The Bertz CT molecular complexity index is 1290. The Balaban J connectivity index is 1.39. The van der Waals surface area contributed by atoms with Gasteiger partial charge in [-0.3, -0.25) is 0 Å². The molecule has 2 aliphatic rings. The second-order valence-corrected chi connectivity index (χ2v) is 9.44. The summed E-state index contributed by atoms with van der Waals surface area (Å²) in [5, 5.41) is 9.80. The van der Waals surface area contributed by atoms with Crippen molar-refractivity contribution >= 4 is 45.8 Å². The van der Waals surface area contributed by atoms with Gasteiger partial charge in [0.25, 0.3) is 0 Å². The van der Waals surface area contributed by atoms with Crippen molar-refractivity contribution in [2.75, 3.05) is 41.3 Å². The third-order valence-electron chi connectivity index (χ3n) is 6.71. The number of para-hydroxylation sites is 1. The molecule has 2 aromatic carbocycles. The van der Waals surface area contributed by atoms with E-state index in [4.69, 9.17) is 21.6 Å². The van der Waals surface area contributed by atoms with Crippen LogP contribution in [-0.4, -0.2) is 45.9 Å². The molecule has 2 saturated heterocycles. The number of rotatable bonds is 5. The van der Waals surface area contributed by atoms with E-state index in [9.17, 15) is 0 Å². The van der Waals surface area contributed by atoms with Crippen molar-refractivity contribution in [3.63, 3.8) is 0 Å². The molecule has 0 saturated carbocycles. The molecule has 1 N–H and O–H groups in total. The van der Waals surface area contributed by atoms with Crippen LogP contribution in [0.3, 0.4) is 0 Å². The third kappa shape index (κ3) is 4.05. The molecule has 174 valence electrons. The number of piperidine rings is 1. The van der Waals surface area contributed by atoms with Gasteiger partial charge in [-0.2, -0.15) is 15.1 Å². The Morgan fingerprint density at radius 1 is 0.794 bits per heavy atom. The van der Waals surface area contributed by atoms with E-state index in [0.29, 0.717) is 0 Å². The molecule has 0 amide bonds. The summed E-state index contributed by atoms with van der Waals surface area (Å²) in [7, 11) is 0. The Labute approximate surface area is 204 Å². The van der Waals surface area contributed by atoms with Crippen LogP contribution in [0, 0.1) is 0 Å². The van der Waals surface area contributed by atoms with Crippen molar-refractivity contribution in [1.29, 1.82) is 0 Å². The summed E-state index contributed by atoms with van der Waals surface area (Å²) in [4.78, 5) is 14.5. The van der Waals surface area contributed by atoms with E-state index in [0.717, 1.165) is 83.9 Å². The average Bonchev–Trinajstić information content (AvgIpc) is 3.56. The van der Waals surface area contributed by atoms with E-state index in [-0.39, 0.29) is 0 Å². The van der Waals surface area contributed by atoms with Gasteiger partial charge in [-0.1, -0.05) is 29.8 Å². The topological polar surface area (TPSA) is 62.1 Å². The number of nitrogens with one attached hydrogen (secondary N) is 1. The van der Waals surface area contributed by atoms with E-state index in [1.165, 1.54) is 19.3 Å². The van der Waals surface area contributed by atoms with Crippen LogP contribution in [0.4, 0.5) is 23.1 Å². The highest BCUT2D eigenvalue weighted by Crippen LogP contribution is 2.34. The Morgan fingerprint density at radius 3 is 2.29 bits per heavy atom. The van der Waals surface area contributed by atoms with Gasteiger partial charge in [0.05, 0.1) is 28.0 Å². The van der Waals surface area contributed by atoms with Crippen molar-refractivity contribution in [3.05, 3.63) is 59.8 Å². The number of hydrogen-bond acceptors (Lipinski definition) is 6. The van der Waals surface area contributed by atoms with Crippen LogP contribution in [0.25, 0.3) is 16.7 Å². The number of nitrogens with zero attached hydrogens (tertiary/aromatic N) is 6. The minimum absolute atomic E-state index is 0.737. The predicted octanol–water partition coefficient (Wildman–Crippen LogP) is 5.80. The van der Waals surface area contributed by atoms with Gasteiger partial charge < -0.3 is 15.1 Å². The first-order valence-electron chi connectivity index (χ1n) is 12.1. The molecule has 7 nitrogen and oxygen atoms in total. The minimum Gasteiger partial charge on any atom is -0.370 e. The molecule has 2 fully saturated rings. The number of halogens is 1. The lowest BCUT2D eigenvalue weighted by Gasteiger charge is -2.29. The maximum atomic E-state index is 6.73. The summed E-state index contributed by atoms with van der Waals surface area (Å²) in [6.45, 7) is 4.08. The summed E-state index contributed by atoms with van der Waals surface area (Å²) in [6, 6.07) is 16.3. The first-order valence-corrected chi connectivity index (χ1v) is 12.5. The Morgan fingerprint density at radius 2 is 1.53 bits per heavy atom. The second-order valence-electron chi connectivity index (χ2n) is 9.03. The molecule has 2 aromatic heterocycles. The normalized spacial score (nSPS) is 16.4. The van der Waals surface area contributed by atoms with Crippen LogP contribution in [-0.2, 0) is 0 Å². The number of benzene rings is 2. The van der Waals surface area contributed by atoms with Crippen molar-refractivity contribution in [2.24, 2.45) is 0 Å². The fourth-order valence-electron chi connectivity index (χ4n) is 4.92. The zero-order chi connectivity index (χ0) is 22.9. The minimum atomic E-state index is 0.737. The molecule has 4 heterocycles. The van der Waals surface area contributed by atoms with E-state index in [1.54, 1.807) is 0 Å². The van der Waals surface area contributed by atoms with E-state index in [1.807, 2.05) is 47.3 Å². The molecule has 4 aromatic rings. The molecular formula is C26H28ClN7. The fraction of sp³-hybridized carbons (Fsp3) is 0.346. The highest BCUT2D eigenvalue weighted by atomic mass is 35.5. The largest absolute Gasteiger partial charge is 0.370 e. The lowest BCUT2D eigenvalue weighted by atomic mass is 10.1. The zero-order valence-corrected chi connectivity index (χ0v) is 19.9. The Kier molecular flexibility index (Phi) is 5.71. The van der Waals surface area contributed by atoms with E-state index in [2.05, 4.69) is 32.3 Å². The number of aromatic nitrogens is 4. The Hall–Kier alpha value is -3.32. The lowest BCUT2D eigenvalue weighted by molar-refractivity contribution is 0.578. The molecule has 0 unspecified atom stereocenters. The van der Waals surface area contributed by atoms with E-state index >= 15 is 0 Å². The van der Waals surface area contributed by atoms with Gasteiger partial charge in [0.1, 0.15) is 5.82 Å². The van der Waals surface area contributed by atoms with Crippen molar-refractivity contribution in [1.82, 2.24) is 19.7 Å². The number of hydrogen-bond donors (Lipinski definition) is 1. The molecule has 0 spiro atoms. The second kappa shape index (κ2) is 9.14. The van der Waals surface area contributed by atoms with Gasteiger partial charge >= 0.3 is 0 Å². The molecular weight excluding hydrogens is 446 g/mol. The summed E-state index contributed by atoms with van der Waals surface area (Å²) in [5.41, 5.74) is 3.78. The summed E-state index contributed by atoms with van der Waals surface area (Å²) in [6.07, 6.45) is 7.90. The van der Waals surface area contributed by atoms with Gasteiger partial charge in [-0.15, -0.1) is 0 Å². The highest BCUT2D eigenvalue weighted by molar-refractivity contribution is 6.33.